The van der Waals surface area contributed by atoms with Gasteiger partial charge in [-0.25, -0.2) is 4.90 Å². The molecule has 112 valence electrons. The number of aromatic hydroxyl groups is 1. The number of nitrogens with one attached hydrogen (secondary N) is 1. The van der Waals surface area contributed by atoms with E-state index in [1.165, 1.54) is 12.1 Å². The Hall–Kier alpha value is -2.34. The molecule has 2 amide bonds. The van der Waals surface area contributed by atoms with Gasteiger partial charge in [0, 0.05) is 16.2 Å². The maximum atomic E-state index is 12.5. The summed E-state index contributed by atoms with van der Waals surface area (Å²) >= 11 is 3.36. The standard InChI is InChI=1S/C16H13BrN2O3/c17-10-3-1-4-11(7-10)18-14-9-15(21)19(16(14)22)12-5-2-6-13(20)8-12/h1-8,14,18,20H,9H2. The molecule has 1 fully saturated rings. The summed E-state index contributed by atoms with van der Waals surface area (Å²) in [6.07, 6.45) is 0.0843. The molecule has 5 nitrogen and oxygen atoms in total. The summed E-state index contributed by atoms with van der Waals surface area (Å²) in [5.41, 5.74) is 1.15. The second kappa shape index (κ2) is 5.81. The first-order chi connectivity index (χ1) is 10.5. The maximum absolute atomic E-state index is 12.5. The highest BCUT2D eigenvalue weighted by atomic mass is 79.9. The Kier molecular flexibility index (Phi) is 3.85. The lowest BCUT2D eigenvalue weighted by Gasteiger charge is -2.16. The van der Waals surface area contributed by atoms with Gasteiger partial charge in [0.1, 0.15) is 11.8 Å². The smallest absolute Gasteiger partial charge is 0.256 e. The van der Waals surface area contributed by atoms with Crippen LogP contribution in [-0.2, 0) is 9.59 Å². The molecule has 1 saturated heterocycles. The van der Waals surface area contributed by atoms with E-state index in [4.69, 9.17) is 0 Å². The van der Waals surface area contributed by atoms with Crippen molar-refractivity contribution in [3.8, 4) is 5.75 Å². The SMILES string of the molecule is O=C1CC(Nc2cccc(Br)c2)C(=O)N1c1cccc(O)c1. The van der Waals surface area contributed by atoms with Gasteiger partial charge < -0.3 is 10.4 Å². The van der Waals surface area contributed by atoms with E-state index in [1.807, 2.05) is 24.3 Å². The number of anilines is 2. The molecular weight excluding hydrogens is 348 g/mol. The lowest BCUT2D eigenvalue weighted by atomic mass is 10.2. The first-order valence-electron chi connectivity index (χ1n) is 6.72. The summed E-state index contributed by atoms with van der Waals surface area (Å²) in [6, 6.07) is 12.9. The van der Waals surface area contributed by atoms with E-state index in [-0.39, 0.29) is 24.0 Å². The molecule has 1 atom stereocenters. The van der Waals surface area contributed by atoms with Crippen LogP contribution in [0.1, 0.15) is 6.42 Å². The van der Waals surface area contributed by atoms with E-state index in [9.17, 15) is 14.7 Å². The summed E-state index contributed by atoms with van der Waals surface area (Å²) < 4.78 is 0.888. The molecule has 0 aliphatic carbocycles. The molecule has 0 bridgehead atoms. The molecule has 0 radical (unpaired) electrons. The predicted molar refractivity (Wildman–Crippen MR) is 86.8 cm³/mol. The fourth-order valence-electron chi connectivity index (χ4n) is 2.43. The Bertz CT molecular complexity index is 748. The van der Waals surface area contributed by atoms with E-state index in [2.05, 4.69) is 21.2 Å². The molecule has 22 heavy (non-hydrogen) atoms. The largest absolute Gasteiger partial charge is 0.508 e. The van der Waals surface area contributed by atoms with Crippen LogP contribution in [0.5, 0.6) is 5.75 Å². The zero-order chi connectivity index (χ0) is 15.7. The summed E-state index contributed by atoms with van der Waals surface area (Å²) in [5, 5.41) is 12.6. The van der Waals surface area contributed by atoms with Crippen molar-refractivity contribution in [2.24, 2.45) is 0 Å². The molecule has 3 rings (SSSR count). The third-order valence-electron chi connectivity index (χ3n) is 3.40. The van der Waals surface area contributed by atoms with Crippen LogP contribution in [0.4, 0.5) is 11.4 Å². The van der Waals surface area contributed by atoms with Crippen LogP contribution < -0.4 is 10.2 Å². The average molecular weight is 361 g/mol. The number of nitrogens with zero attached hydrogens (tertiary/aromatic N) is 1. The van der Waals surface area contributed by atoms with Gasteiger partial charge in [0.2, 0.25) is 5.91 Å². The lowest BCUT2D eigenvalue weighted by Crippen LogP contribution is -2.34. The quantitative estimate of drug-likeness (QED) is 0.825. The Morgan fingerprint density at radius 2 is 1.91 bits per heavy atom. The molecule has 1 aliphatic heterocycles. The van der Waals surface area contributed by atoms with Crippen LogP contribution in [0, 0.1) is 0 Å². The van der Waals surface area contributed by atoms with Crippen molar-refractivity contribution < 1.29 is 14.7 Å². The summed E-state index contributed by atoms with van der Waals surface area (Å²) in [5.74, 6) is -0.597. The van der Waals surface area contributed by atoms with E-state index < -0.39 is 6.04 Å². The fourth-order valence-corrected chi connectivity index (χ4v) is 2.83. The van der Waals surface area contributed by atoms with Gasteiger partial charge in [-0.3, -0.25) is 9.59 Å². The van der Waals surface area contributed by atoms with Crippen molar-refractivity contribution >= 4 is 39.1 Å². The first-order valence-corrected chi connectivity index (χ1v) is 7.52. The van der Waals surface area contributed by atoms with Gasteiger partial charge in [-0.15, -0.1) is 0 Å². The van der Waals surface area contributed by atoms with Crippen LogP contribution in [-0.4, -0.2) is 23.0 Å². The van der Waals surface area contributed by atoms with Gasteiger partial charge in [-0.2, -0.15) is 0 Å². The van der Waals surface area contributed by atoms with Crippen molar-refractivity contribution in [2.75, 3.05) is 10.2 Å². The van der Waals surface area contributed by atoms with Gasteiger partial charge in [-0.05, 0) is 30.3 Å². The van der Waals surface area contributed by atoms with E-state index in [1.54, 1.807) is 12.1 Å². The lowest BCUT2D eigenvalue weighted by molar-refractivity contribution is -0.121. The predicted octanol–water partition coefficient (Wildman–Crippen LogP) is 2.90. The minimum atomic E-state index is -0.607. The molecule has 2 N–H and O–H groups in total. The molecule has 2 aromatic rings. The zero-order valence-corrected chi connectivity index (χ0v) is 13.1. The normalized spacial score (nSPS) is 17.9. The van der Waals surface area contributed by atoms with Crippen molar-refractivity contribution in [1.29, 1.82) is 0 Å². The van der Waals surface area contributed by atoms with Gasteiger partial charge in [0.05, 0.1) is 12.1 Å². The van der Waals surface area contributed by atoms with Crippen LogP contribution in [0.15, 0.2) is 53.0 Å². The highest BCUT2D eigenvalue weighted by Gasteiger charge is 2.39. The summed E-state index contributed by atoms with van der Waals surface area (Å²) in [4.78, 5) is 25.7. The topological polar surface area (TPSA) is 69.6 Å². The van der Waals surface area contributed by atoms with E-state index >= 15 is 0 Å². The van der Waals surface area contributed by atoms with Crippen LogP contribution in [0.3, 0.4) is 0 Å². The number of benzene rings is 2. The summed E-state index contributed by atoms with van der Waals surface area (Å²) in [6.45, 7) is 0. The molecule has 6 heteroatoms. The number of phenolic OH excluding ortho intramolecular Hbond substituents is 1. The highest BCUT2D eigenvalue weighted by Crippen LogP contribution is 2.27. The number of amides is 2. The van der Waals surface area contributed by atoms with E-state index in [0.717, 1.165) is 15.1 Å². The second-order valence-corrected chi connectivity index (χ2v) is 5.91. The number of hydrogen-bond acceptors (Lipinski definition) is 4. The molecule has 0 aromatic heterocycles. The van der Waals surface area contributed by atoms with Gasteiger partial charge in [0.25, 0.3) is 5.91 Å². The minimum Gasteiger partial charge on any atom is -0.508 e. The average Bonchev–Trinajstić information content (AvgIpc) is 2.73. The van der Waals surface area contributed by atoms with Gasteiger partial charge in [-0.1, -0.05) is 28.1 Å². The Morgan fingerprint density at radius 3 is 2.64 bits per heavy atom. The molecule has 1 aliphatic rings. The zero-order valence-electron chi connectivity index (χ0n) is 11.5. The molecule has 0 saturated carbocycles. The number of carbonyl (C=O) groups is 2. The first kappa shape index (κ1) is 14.6. The number of phenols is 1. The fraction of sp³-hybridized carbons (Fsp3) is 0.125. The maximum Gasteiger partial charge on any atom is 0.256 e. The molecule has 0 spiro atoms. The van der Waals surface area contributed by atoms with E-state index in [0.29, 0.717) is 5.69 Å². The van der Waals surface area contributed by atoms with Gasteiger partial charge in [0.15, 0.2) is 0 Å². The van der Waals surface area contributed by atoms with Crippen molar-refractivity contribution in [1.82, 2.24) is 0 Å². The highest BCUT2D eigenvalue weighted by molar-refractivity contribution is 9.10. The Labute approximate surface area is 135 Å². The molecular formula is C16H13BrN2O3. The number of imide groups is 1. The monoisotopic (exact) mass is 360 g/mol. The number of halogens is 1. The Morgan fingerprint density at radius 1 is 1.14 bits per heavy atom. The van der Waals surface area contributed by atoms with Crippen LogP contribution in [0.2, 0.25) is 0 Å². The summed E-state index contributed by atoms with van der Waals surface area (Å²) in [7, 11) is 0. The molecule has 1 heterocycles. The van der Waals surface area contributed by atoms with Crippen LogP contribution >= 0.6 is 15.9 Å². The number of carbonyl (C=O) groups excluding carboxylic acids is 2. The molecule has 2 aromatic carbocycles. The number of rotatable bonds is 3. The third-order valence-corrected chi connectivity index (χ3v) is 3.89. The molecule has 1 unspecified atom stereocenters. The number of hydrogen-bond donors (Lipinski definition) is 2. The van der Waals surface area contributed by atoms with Gasteiger partial charge >= 0.3 is 0 Å². The van der Waals surface area contributed by atoms with Crippen molar-refractivity contribution in [2.45, 2.75) is 12.5 Å². The third kappa shape index (κ3) is 2.82. The van der Waals surface area contributed by atoms with Crippen LogP contribution in [0.25, 0.3) is 0 Å². The second-order valence-electron chi connectivity index (χ2n) is 5.00. The van der Waals surface area contributed by atoms with Crippen molar-refractivity contribution in [3.05, 3.63) is 53.0 Å². The Balaban J connectivity index is 1.82. The minimum absolute atomic E-state index is 0.0153. The van der Waals surface area contributed by atoms with Crippen molar-refractivity contribution in [3.63, 3.8) is 0 Å².